The summed E-state index contributed by atoms with van der Waals surface area (Å²) in [6.07, 6.45) is 1.39. The Labute approximate surface area is 114 Å². The van der Waals surface area contributed by atoms with E-state index in [0.29, 0.717) is 13.0 Å². The molecule has 4 nitrogen and oxygen atoms in total. The van der Waals surface area contributed by atoms with Gasteiger partial charge in [0.25, 0.3) is 0 Å². The molecule has 19 heavy (non-hydrogen) atoms. The summed E-state index contributed by atoms with van der Waals surface area (Å²) in [6.45, 7) is 4.74. The molecule has 1 aromatic rings. The predicted octanol–water partition coefficient (Wildman–Crippen LogP) is 1.86. The van der Waals surface area contributed by atoms with E-state index in [9.17, 15) is 4.79 Å². The molecule has 0 fully saturated rings. The molecule has 104 valence electrons. The summed E-state index contributed by atoms with van der Waals surface area (Å²) in [6, 6.07) is 7.91. The molecule has 0 aliphatic carbocycles. The number of carbonyl (C=O) groups is 1. The van der Waals surface area contributed by atoms with Gasteiger partial charge in [0.1, 0.15) is 0 Å². The summed E-state index contributed by atoms with van der Waals surface area (Å²) in [5.41, 5.74) is 1.77. The van der Waals surface area contributed by atoms with Gasteiger partial charge in [-0.15, -0.1) is 0 Å². The van der Waals surface area contributed by atoms with Gasteiger partial charge < -0.3 is 15.7 Å². The standard InChI is InChI=1S/C15H22N2O2/c1-3-15(2,8-9-18)17-14(19)12-10-16-13-7-5-4-6-11(12)13/h4-7,12,16,18H,3,8-10H2,1-2H3,(H,17,19). The first-order valence-corrected chi connectivity index (χ1v) is 6.85. The molecule has 0 saturated heterocycles. The predicted molar refractivity (Wildman–Crippen MR) is 76.2 cm³/mol. The van der Waals surface area contributed by atoms with Crippen LogP contribution in [0.3, 0.4) is 0 Å². The van der Waals surface area contributed by atoms with Crippen LogP contribution in [0.1, 0.15) is 38.2 Å². The van der Waals surface area contributed by atoms with Gasteiger partial charge >= 0.3 is 0 Å². The summed E-state index contributed by atoms with van der Waals surface area (Å²) in [7, 11) is 0. The normalized spacial score (nSPS) is 20.3. The lowest BCUT2D eigenvalue weighted by molar-refractivity contribution is -0.124. The number of rotatable bonds is 5. The first-order chi connectivity index (χ1) is 9.09. The van der Waals surface area contributed by atoms with Crippen molar-refractivity contribution in [2.45, 2.75) is 38.1 Å². The average Bonchev–Trinajstić information content (AvgIpc) is 2.83. The summed E-state index contributed by atoms with van der Waals surface area (Å²) < 4.78 is 0. The molecule has 0 spiro atoms. The van der Waals surface area contributed by atoms with Crippen LogP contribution < -0.4 is 10.6 Å². The SMILES string of the molecule is CCC(C)(CCO)NC(=O)C1CNc2ccccc21. The maximum absolute atomic E-state index is 12.4. The third-order valence-electron chi connectivity index (χ3n) is 4.02. The minimum absolute atomic E-state index is 0.0373. The van der Waals surface area contributed by atoms with Crippen LogP contribution in [-0.2, 0) is 4.79 Å². The number of amides is 1. The molecule has 1 aromatic carbocycles. The molecule has 0 saturated carbocycles. The van der Waals surface area contributed by atoms with Crippen molar-refractivity contribution >= 4 is 11.6 Å². The smallest absolute Gasteiger partial charge is 0.229 e. The van der Waals surface area contributed by atoms with Crippen LogP contribution in [0.25, 0.3) is 0 Å². The van der Waals surface area contributed by atoms with Crippen molar-refractivity contribution in [1.82, 2.24) is 5.32 Å². The van der Waals surface area contributed by atoms with E-state index in [2.05, 4.69) is 10.6 Å². The Morgan fingerprint density at radius 3 is 2.95 bits per heavy atom. The highest BCUT2D eigenvalue weighted by Gasteiger charge is 2.32. The molecular formula is C15H22N2O2. The summed E-state index contributed by atoms with van der Waals surface area (Å²) in [5, 5.41) is 15.4. The van der Waals surface area contributed by atoms with Gasteiger partial charge in [-0.1, -0.05) is 25.1 Å². The third-order valence-corrected chi connectivity index (χ3v) is 4.02. The number of para-hydroxylation sites is 1. The zero-order valence-electron chi connectivity index (χ0n) is 11.6. The van der Waals surface area contributed by atoms with E-state index in [1.807, 2.05) is 38.1 Å². The van der Waals surface area contributed by atoms with Gasteiger partial charge in [-0.05, 0) is 31.4 Å². The van der Waals surface area contributed by atoms with E-state index in [-0.39, 0.29) is 24.0 Å². The minimum atomic E-state index is -0.330. The number of hydrogen-bond donors (Lipinski definition) is 3. The second-order valence-electron chi connectivity index (χ2n) is 5.40. The van der Waals surface area contributed by atoms with Crippen molar-refractivity contribution < 1.29 is 9.90 Å². The monoisotopic (exact) mass is 262 g/mol. The zero-order chi connectivity index (χ0) is 13.9. The topological polar surface area (TPSA) is 61.4 Å². The van der Waals surface area contributed by atoms with Gasteiger partial charge in [0.2, 0.25) is 5.91 Å². The van der Waals surface area contributed by atoms with Crippen LogP contribution in [0.2, 0.25) is 0 Å². The van der Waals surface area contributed by atoms with Crippen LogP contribution in [0, 0.1) is 0 Å². The number of anilines is 1. The largest absolute Gasteiger partial charge is 0.396 e. The van der Waals surface area contributed by atoms with Crippen molar-refractivity contribution in [3.05, 3.63) is 29.8 Å². The molecule has 1 aliphatic rings. The number of aliphatic hydroxyl groups excluding tert-OH is 1. The van der Waals surface area contributed by atoms with Gasteiger partial charge in [0, 0.05) is 24.4 Å². The second-order valence-corrected chi connectivity index (χ2v) is 5.40. The van der Waals surface area contributed by atoms with Crippen molar-refractivity contribution in [2.24, 2.45) is 0 Å². The first-order valence-electron chi connectivity index (χ1n) is 6.85. The van der Waals surface area contributed by atoms with Crippen molar-refractivity contribution in [1.29, 1.82) is 0 Å². The third kappa shape index (κ3) is 2.89. The highest BCUT2D eigenvalue weighted by Crippen LogP contribution is 2.31. The quantitative estimate of drug-likeness (QED) is 0.759. The van der Waals surface area contributed by atoms with Gasteiger partial charge in [-0.3, -0.25) is 4.79 Å². The molecule has 1 aliphatic heterocycles. The molecule has 0 radical (unpaired) electrons. The molecule has 0 bridgehead atoms. The number of nitrogens with one attached hydrogen (secondary N) is 2. The van der Waals surface area contributed by atoms with Gasteiger partial charge in [-0.2, -0.15) is 0 Å². The van der Waals surface area contributed by atoms with E-state index in [0.717, 1.165) is 17.7 Å². The van der Waals surface area contributed by atoms with Crippen molar-refractivity contribution in [3.63, 3.8) is 0 Å². The molecule has 0 aromatic heterocycles. The molecule has 4 heteroatoms. The van der Waals surface area contributed by atoms with E-state index >= 15 is 0 Å². The van der Waals surface area contributed by atoms with Crippen molar-refractivity contribution in [2.75, 3.05) is 18.5 Å². The molecule has 2 unspecified atom stereocenters. The Balaban J connectivity index is 2.10. The molecule has 2 atom stereocenters. The fraction of sp³-hybridized carbons (Fsp3) is 0.533. The molecular weight excluding hydrogens is 240 g/mol. The number of fused-ring (bicyclic) bond motifs is 1. The van der Waals surface area contributed by atoms with E-state index in [4.69, 9.17) is 5.11 Å². The Kier molecular flexibility index (Phi) is 4.10. The maximum Gasteiger partial charge on any atom is 0.229 e. The Hall–Kier alpha value is -1.55. The molecule has 3 N–H and O–H groups in total. The highest BCUT2D eigenvalue weighted by molar-refractivity contribution is 5.88. The van der Waals surface area contributed by atoms with Crippen molar-refractivity contribution in [3.8, 4) is 0 Å². The molecule has 1 heterocycles. The lowest BCUT2D eigenvalue weighted by atomic mass is 9.92. The lowest BCUT2D eigenvalue weighted by Crippen LogP contribution is -2.48. The van der Waals surface area contributed by atoms with Crippen LogP contribution >= 0.6 is 0 Å². The summed E-state index contributed by atoms with van der Waals surface area (Å²) in [4.78, 5) is 12.4. The fourth-order valence-corrected chi connectivity index (χ4v) is 2.48. The number of aliphatic hydroxyl groups is 1. The highest BCUT2D eigenvalue weighted by atomic mass is 16.3. The van der Waals surface area contributed by atoms with E-state index in [1.165, 1.54) is 0 Å². The first kappa shape index (κ1) is 13.9. The fourth-order valence-electron chi connectivity index (χ4n) is 2.48. The number of carbonyl (C=O) groups excluding carboxylic acids is 1. The Bertz CT molecular complexity index is 461. The van der Waals surface area contributed by atoms with Gasteiger partial charge in [0.05, 0.1) is 5.92 Å². The number of hydrogen-bond acceptors (Lipinski definition) is 3. The summed E-state index contributed by atoms with van der Waals surface area (Å²) in [5.74, 6) is -0.101. The van der Waals surface area contributed by atoms with Gasteiger partial charge in [0.15, 0.2) is 0 Å². The maximum atomic E-state index is 12.4. The second kappa shape index (κ2) is 5.61. The Morgan fingerprint density at radius 2 is 2.26 bits per heavy atom. The zero-order valence-corrected chi connectivity index (χ0v) is 11.6. The van der Waals surface area contributed by atoms with Crippen LogP contribution in [0.5, 0.6) is 0 Å². The summed E-state index contributed by atoms with van der Waals surface area (Å²) >= 11 is 0. The number of benzene rings is 1. The van der Waals surface area contributed by atoms with Crippen LogP contribution in [0.15, 0.2) is 24.3 Å². The molecule has 1 amide bonds. The minimum Gasteiger partial charge on any atom is -0.396 e. The average molecular weight is 262 g/mol. The lowest BCUT2D eigenvalue weighted by Gasteiger charge is -2.30. The Morgan fingerprint density at radius 1 is 1.53 bits per heavy atom. The molecule has 2 rings (SSSR count). The van der Waals surface area contributed by atoms with Crippen LogP contribution in [-0.4, -0.2) is 29.7 Å². The van der Waals surface area contributed by atoms with E-state index in [1.54, 1.807) is 0 Å². The van der Waals surface area contributed by atoms with Crippen LogP contribution in [0.4, 0.5) is 5.69 Å². The van der Waals surface area contributed by atoms with Gasteiger partial charge in [-0.25, -0.2) is 0 Å². The van der Waals surface area contributed by atoms with E-state index < -0.39 is 0 Å².